The standard InChI is InChI=1S/C21H31O7PS.Na/c1-16-3-5-20(6-4-16)30(24,25)28-15-29(22,23)27-8-2-7-26-21-12-17-9-18(13-21)11-19(10-17)14-21;/h3-6,17-19H,2,7-15H2,1H3,(H,22,23);/q;+1/p-1. The Morgan fingerprint density at radius 1 is 1.03 bits per heavy atom. The Labute approximate surface area is 207 Å². The quantitative estimate of drug-likeness (QED) is 0.209. The van der Waals surface area contributed by atoms with Gasteiger partial charge in [-0.3, -0.25) is 4.18 Å². The summed E-state index contributed by atoms with van der Waals surface area (Å²) >= 11 is 0. The molecule has 1 aromatic rings. The molecule has 0 aliphatic heterocycles. The van der Waals surface area contributed by atoms with Crippen molar-refractivity contribution in [3.63, 3.8) is 0 Å². The van der Waals surface area contributed by atoms with Gasteiger partial charge in [0.1, 0.15) is 6.35 Å². The van der Waals surface area contributed by atoms with Crippen molar-refractivity contribution in [3.8, 4) is 0 Å². The predicted molar refractivity (Wildman–Crippen MR) is 109 cm³/mol. The Kier molecular flexibility index (Phi) is 8.54. The molecule has 1 aromatic carbocycles. The molecule has 0 radical (unpaired) electrons. The van der Waals surface area contributed by atoms with Gasteiger partial charge in [0, 0.05) is 6.61 Å². The summed E-state index contributed by atoms with van der Waals surface area (Å²) in [4.78, 5) is 11.9. The third-order valence-corrected chi connectivity index (χ3v) is 9.12. The van der Waals surface area contributed by atoms with Crippen LogP contribution in [-0.2, 0) is 28.1 Å². The fourth-order valence-corrected chi connectivity index (χ4v) is 7.86. The van der Waals surface area contributed by atoms with Crippen molar-refractivity contribution in [3.05, 3.63) is 29.8 Å². The van der Waals surface area contributed by atoms with E-state index in [1.807, 2.05) is 6.92 Å². The Bertz CT molecular complexity index is 868. The molecule has 0 heterocycles. The molecule has 4 aliphatic rings. The zero-order valence-corrected chi connectivity index (χ0v) is 22.0. The van der Waals surface area contributed by atoms with Gasteiger partial charge in [-0.15, -0.1) is 0 Å². The Hall–Kier alpha value is 0.240. The van der Waals surface area contributed by atoms with Gasteiger partial charge in [0.15, 0.2) is 7.60 Å². The molecule has 4 saturated carbocycles. The summed E-state index contributed by atoms with van der Waals surface area (Å²) in [5, 5.41) is 0. The van der Waals surface area contributed by atoms with Gasteiger partial charge in [-0.2, -0.15) is 8.42 Å². The van der Waals surface area contributed by atoms with Crippen LogP contribution in [-0.4, -0.2) is 33.6 Å². The molecular formula is C21H30NaO7PS. The first-order valence-electron chi connectivity index (χ1n) is 10.7. The molecule has 0 N–H and O–H groups in total. The first-order chi connectivity index (χ1) is 14.1. The third-order valence-electron chi connectivity index (χ3n) is 6.64. The monoisotopic (exact) mass is 480 g/mol. The summed E-state index contributed by atoms with van der Waals surface area (Å²) < 4.78 is 52.1. The molecule has 0 saturated heterocycles. The van der Waals surface area contributed by atoms with Crippen molar-refractivity contribution in [2.75, 3.05) is 19.6 Å². The average Bonchev–Trinajstić information content (AvgIpc) is 2.65. The van der Waals surface area contributed by atoms with Crippen LogP contribution in [0.2, 0.25) is 0 Å². The summed E-state index contributed by atoms with van der Waals surface area (Å²) in [5.74, 6) is 2.38. The number of rotatable bonds is 10. The maximum absolute atomic E-state index is 12.1. The number of hydrogen-bond acceptors (Lipinski definition) is 7. The molecule has 7 nitrogen and oxygen atoms in total. The topological polar surface area (TPSA) is 102 Å². The molecule has 10 heteroatoms. The second-order valence-corrected chi connectivity index (χ2v) is 12.6. The first kappa shape index (κ1) is 25.9. The fourth-order valence-electron chi connectivity index (χ4n) is 5.70. The number of hydrogen-bond donors (Lipinski definition) is 0. The fraction of sp³-hybridized carbons (Fsp3) is 0.714. The van der Waals surface area contributed by atoms with Gasteiger partial charge < -0.3 is 18.7 Å². The van der Waals surface area contributed by atoms with Gasteiger partial charge in [0.25, 0.3) is 10.1 Å². The van der Waals surface area contributed by atoms with E-state index in [2.05, 4.69) is 4.18 Å². The smallest absolute Gasteiger partial charge is 0.777 e. The van der Waals surface area contributed by atoms with Crippen molar-refractivity contribution < 1.29 is 60.9 Å². The van der Waals surface area contributed by atoms with Gasteiger partial charge in [-0.1, -0.05) is 17.7 Å². The van der Waals surface area contributed by atoms with Crippen molar-refractivity contribution in [2.45, 2.75) is 62.4 Å². The molecule has 0 spiro atoms. The minimum atomic E-state index is -4.42. The molecule has 31 heavy (non-hydrogen) atoms. The van der Waals surface area contributed by atoms with Crippen LogP contribution in [0.3, 0.4) is 0 Å². The summed E-state index contributed by atoms with van der Waals surface area (Å²) in [6, 6.07) is 5.99. The Morgan fingerprint density at radius 2 is 1.58 bits per heavy atom. The number of benzene rings is 1. The van der Waals surface area contributed by atoms with E-state index in [-0.39, 0.29) is 46.7 Å². The van der Waals surface area contributed by atoms with Crippen LogP contribution in [0.4, 0.5) is 0 Å². The van der Waals surface area contributed by atoms with Gasteiger partial charge in [0.05, 0.1) is 17.1 Å². The molecular weight excluding hydrogens is 450 g/mol. The van der Waals surface area contributed by atoms with Crippen LogP contribution < -0.4 is 34.5 Å². The summed E-state index contributed by atoms with van der Waals surface area (Å²) in [5.41, 5.74) is 0.878. The van der Waals surface area contributed by atoms with E-state index >= 15 is 0 Å². The van der Waals surface area contributed by atoms with Crippen LogP contribution in [0.25, 0.3) is 0 Å². The number of ether oxygens (including phenoxy) is 1. The molecule has 168 valence electrons. The van der Waals surface area contributed by atoms with Crippen molar-refractivity contribution in [2.24, 2.45) is 17.8 Å². The maximum atomic E-state index is 12.1. The van der Waals surface area contributed by atoms with Crippen LogP contribution >= 0.6 is 7.60 Å². The maximum Gasteiger partial charge on any atom is 1.00 e. The minimum absolute atomic E-state index is 0. The van der Waals surface area contributed by atoms with Crippen molar-refractivity contribution >= 4 is 17.7 Å². The van der Waals surface area contributed by atoms with Crippen molar-refractivity contribution in [1.29, 1.82) is 0 Å². The summed E-state index contributed by atoms with van der Waals surface area (Å²) in [6.45, 7) is 2.24. The van der Waals surface area contributed by atoms with E-state index < -0.39 is 24.1 Å². The predicted octanol–water partition coefficient (Wildman–Crippen LogP) is 0.607. The molecule has 5 rings (SSSR count). The van der Waals surface area contributed by atoms with Crippen LogP contribution in [0.1, 0.15) is 50.5 Å². The molecule has 4 fully saturated rings. The van der Waals surface area contributed by atoms with E-state index in [1.165, 1.54) is 31.4 Å². The minimum Gasteiger partial charge on any atom is -0.777 e. The molecule has 0 amide bonds. The second-order valence-electron chi connectivity index (χ2n) is 9.26. The van der Waals surface area contributed by atoms with Gasteiger partial charge in [-0.25, -0.2) is 0 Å². The zero-order valence-electron chi connectivity index (χ0n) is 18.3. The van der Waals surface area contributed by atoms with Gasteiger partial charge >= 0.3 is 29.6 Å². The first-order valence-corrected chi connectivity index (χ1v) is 13.8. The molecule has 1 atom stereocenters. The van der Waals surface area contributed by atoms with Crippen LogP contribution in [0.15, 0.2) is 29.2 Å². The van der Waals surface area contributed by atoms with Crippen LogP contribution in [0, 0.1) is 24.7 Å². The van der Waals surface area contributed by atoms with E-state index in [1.54, 1.807) is 12.1 Å². The molecule has 4 aliphatic carbocycles. The Balaban J connectivity index is 0.00000272. The Morgan fingerprint density at radius 3 is 2.13 bits per heavy atom. The van der Waals surface area contributed by atoms with Crippen LogP contribution in [0.5, 0.6) is 0 Å². The largest absolute Gasteiger partial charge is 1.00 e. The SMILES string of the molecule is Cc1ccc(S(=O)(=O)OCP(=O)([O-])OCCCOC23CC4CC(CC(C4)C2)C3)cc1.[Na+]. The average molecular weight is 480 g/mol. The third kappa shape index (κ3) is 6.65. The summed E-state index contributed by atoms with van der Waals surface area (Å²) in [6.07, 6.45) is 6.85. The van der Waals surface area contributed by atoms with Crippen molar-refractivity contribution in [1.82, 2.24) is 0 Å². The molecule has 4 bridgehead atoms. The normalized spacial score (nSPS) is 31.2. The molecule has 0 aromatic heterocycles. The van der Waals surface area contributed by atoms with E-state index in [4.69, 9.17) is 9.26 Å². The molecule has 1 unspecified atom stereocenters. The second kappa shape index (κ2) is 10.2. The summed E-state index contributed by atoms with van der Waals surface area (Å²) in [7, 11) is -8.57. The van der Waals surface area contributed by atoms with E-state index in [0.717, 1.165) is 42.6 Å². The van der Waals surface area contributed by atoms with E-state index in [9.17, 15) is 17.9 Å². The zero-order chi connectivity index (χ0) is 21.4. The van der Waals surface area contributed by atoms with Gasteiger partial charge in [-0.05, 0) is 81.8 Å². The number of aryl methyl sites for hydroxylation is 1. The van der Waals surface area contributed by atoms with E-state index in [0.29, 0.717) is 13.0 Å². The van der Waals surface area contributed by atoms with Gasteiger partial charge in [0.2, 0.25) is 0 Å².